The molecule has 0 saturated carbocycles. The van der Waals surface area contributed by atoms with Crippen molar-refractivity contribution in [3.05, 3.63) is 29.1 Å². The molecule has 0 atom stereocenters. The van der Waals surface area contributed by atoms with Crippen molar-refractivity contribution in [2.75, 3.05) is 18.2 Å². The Labute approximate surface area is 96.2 Å². The maximum Gasteiger partial charge on any atom is 0.187 e. The van der Waals surface area contributed by atoms with Crippen LogP contribution in [0, 0.1) is 17.5 Å². The summed E-state index contributed by atoms with van der Waals surface area (Å²) in [5.41, 5.74) is -0.646. The first kappa shape index (κ1) is 11.9. The predicted octanol–water partition coefficient (Wildman–Crippen LogP) is 1.83. The Kier molecular flexibility index (Phi) is 3.33. The number of aliphatic hydroxyl groups excluding tert-OH is 1. The van der Waals surface area contributed by atoms with Crippen molar-refractivity contribution >= 4 is 11.9 Å². The van der Waals surface area contributed by atoms with E-state index in [1.807, 2.05) is 0 Å². The van der Waals surface area contributed by atoms with E-state index in [1.54, 1.807) is 0 Å². The number of hydrogen-bond acceptors (Lipinski definition) is 3. The van der Waals surface area contributed by atoms with E-state index in [2.05, 4.69) is 5.10 Å². The number of aliphatic hydroxyl groups is 1. The van der Waals surface area contributed by atoms with E-state index in [0.29, 0.717) is 13.0 Å². The molecular formula is C11H11F3N2O. The van der Waals surface area contributed by atoms with Gasteiger partial charge in [0, 0.05) is 25.8 Å². The minimum absolute atomic E-state index is 0.122. The van der Waals surface area contributed by atoms with E-state index in [9.17, 15) is 13.2 Å². The molecule has 0 unspecified atom stereocenters. The lowest BCUT2D eigenvalue weighted by molar-refractivity contribution is 0.296. The Hall–Kier alpha value is -1.56. The SMILES string of the molecule is OCCc1cc(F)c(N2CCC=N2)c(F)c1F. The molecule has 1 aliphatic rings. The van der Waals surface area contributed by atoms with Crippen molar-refractivity contribution in [3.63, 3.8) is 0 Å². The van der Waals surface area contributed by atoms with Gasteiger partial charge in [0.2, 0.25) is 0 Å². The highest BCUT2D eigenvalue weighted by molar-refractivity contribution is 5.66. The van der Waals surface area contributed by atoms with Gasteiger partial charge in [-0.1, -0.05) is 0 Å². The summed E-state index contributed by atoms with van der Waals surface area (Å²) in [5, 5.41) is 13.5. The predicted molar refractivity (Wildman–Crippen MR) is 57.6 cm³/mol. The van der Waals surface area contributed by atoms with Gasteiger partial charge in [-0.3, -0.25) is 5.01 Å². The van der Waals surface area contributed by atoms with Gasteiger partial charge < -0.3 is 5.11 Å². The Morgan fingerprint density at radius 1 is 1.29 bits per heavy atom. The second kappa shape index (κ2) is 4.75. The topological polar surface area (TPSA) is 35.8 Å². The zero-order chi connectivity index (χ0) is 12.4. The third kappa shape index (κ3) is 2.12. The summed E-state index contributed by atoms with van der Waals surface area (Å²) in [6, 6.07) is 0.901. The lowest BCUT2D eigenvalue weighted by Gasteiger charge is -2.17. The van der Waals surface area contributed by atoms with Crippen LogP contribution in [0.4, 0.5) is 18.9 Å². The van der Waals surface area contributed by atoms with Crippen LogP contribution in [-0.4, -0.2) is 24.5 Å². The van der Waals surface area contributed by atoms with E-state index < -0.39 is 23.1 Å². The second-order valence-corrected chi connectivity index (χ2v) is 3.68. The first-order valence-electron chi connectivity index (χ1n) is 5.22. The van der Waals surface area contributed by atoms with Gasteiger partial charge in [0.05, 0.1) is 0 Å². The van der Waals surface area contributed by atoms with Gasteiger partial charge in [0.25, 0.3) is 0 Å². The molecule has 1 heterocycles. The normalized spacial score (nSPS) is 14.7. The summed E-state index contributed by atoms with van der Waals surface area (Å²) in [6.45, 7) is -0.0381. The van der Waals surface area contributed by atoms with Crippen molar-refractivity contribution in [3.8, 4) is 0 Å². The van der Waals surface area contributed by atoms with Crippen LogP contribution in [0.5, 0.6) is 0 Å². The number of benzene rings is 1. The van der Waals surface area contributed by atoms with Crippen LogP contribution in [0.2, 0.25) is 0 Å². The summed E-state index contributed by atoms with van der Waals surface area (Å²) in [7, 11) is 0. The average Bonchev–Trinajstić information content (AvgIpc) is 2.79. The Balaban J connectivity index is 2.46. The van der Waals surface area contributed by atoms with Gasteiger partial charge in [0.15, 0.2) is 17.5 Å². The first-order valence-corrected chi connectivity index (χ1v) is 5.22. The largest absolute Gasteiger partial charge is 0.396 e. The monoisotopic (exact) mass is 244 g/mol. The quantitative estimate of drug-likeness (QED) is 0.823. The van der Waals surface area contributed by atoms with Gasteiger partial charge in [-0.15, -0.1) is 0 Å². The van der Waals surface area contributed by atoms with Crippen molar-refractivity contribution < 1.29 is 18.3 Å². The molecule has 0 radical (unpaired) electrons. The molecule has 0 amide bonds. The number of anilines is 1. The zero-order valence-corrected chi connectivity index (χ0v) is 8.96. The smallest absolute Gasteiger partial charge is 0.187 e. The van der Waals surface area contributed by atoms with Crippen LogP contribution < -0.4 is 5.01 Å². The lowest BCUT2D eigenvalue weighted by atomic mass is 10.1. The van der Waals surface area contributed by atoms with Crippen molar-refractivity contribution in [1.82, 2.24) is 0 Å². The highest BCUT2D eigenvalue weighted by Gasteiger charge is 2.24. The second-order valence-electron chi connectivity index (χ2n) is 3.68. The Morgan fingerprint density at radius 2 is 2.06 bits per heavy atom. The molecule has 0 fully saturated rings. The molecule has 0 saturated heterocycles. The molecular weight excluding hydrogens is 233 g/mol. The van der Waals surface area contributed by atoms with Crippen molar-refractivity contribution in [2.24, 2.45) is 5.10 Å². The molecule has 1 N–H and O–H groups in total. The number of halogens is 3. The first-order chi connectivity index (χ1) is 8.15. The van der Waals surface area contributed by atoms with Gasteiger partial charge >= 0.3 is 0 Å². The third-order valence-electron chi connectivity index (χ3n) is 2.54. The molecule has 0 bridgehead atoms. The summed E-state index contributed by atoms with van der Waals surface area (Å²) in [5.74, 6) is -3.25. The minimum Gasteiger partial charge on any atom is -0.396 e. The van der Waals surface area contributed by atoms with E-state index in [0.717, 1.165) is 11.1 Å². The van der Waals surface area contributed by atoms with Gasteiger partial charge in [-0.25, -0.2) is 13.2 Å². The maximum absolute atomic E-state index is 13.7. The minimum atomic E-state index is -1.26. The van der Waals surface area contributed by atoms with Gasteiger partial charge in [-0.2, -0.15) is 5.10 Å². The summed E-state index contributed by atoms with van der Waals surface area (Å²) in [4.78, 5) is 0. The average molecular weight is 244 g/mol. The third-order valence-corrected chi connectivity index (χ3v) is 2.54. The molecule has 92 valence electrons. The van der Waals surface area contributed by atoms with Gasteiger partial charge in [0.1, 0.15) is 5.69 Å². The number of hydrazone groups is 1. The fourth-order valence-corrected chi connectivity index (χ4v) is 1.74. The van der Waals surface area contributed by atoms with Crippen LogP contribution in [0.15, 0.2) is 11.2 Å². The molecule has 6 heteroatoms. The summed E-state index contributed by atoms with van der Waals surface area (Å²) in [6.07, 6.45) is 1.96. The molecule has 0 aromatic heterocycles. The molecule has 1 aromatic rings. The Morgan fingerprint density at radius 3 is 2.65 bits per heavy atom. The molecule has 2 rings (SSSR count). The molecule has 1 aromatic carbocycles. The molecule has 0 aliphatic carbocycles. The highest BCUT2D eigenvalue weighted by atomic mass is 19.2. The van der Waals surface area contributed by atoms with Crippen LogP contribution in [0.3, 0.4) is 0 Å². The van der Waals surface area contributed by atoms with Crippen LogP contribution in [0.1, 0.15) is 12.0 Å². The summed E-state index contributed by atoms with van der Waals surface area (Å²) >= 11 is 0. The van der Waals surface area contributed by atoms with Crippen LogP contribution >= 0.6 is 0 Å². The number of rotatable bonds is 3. The molecule has 17 heavy (non-hydrogen) atoms. The zero-order valence-electron chi connectivity index (χ0n) is 8.96. The van der Waals surface area contributed by atoms with E-state index >= 15 is 0 Å². The van der Waals surface area contributed by atoms with E-state index in [1.165, 1.54) is 6.21 Å². The van der Waals surface area contributed by atoms with Crippen molar-refractivity contribution in [2.45, 2.75) is 12.8 Å². The highest BCUT2D eigenvalue weighted by Crippen LogP contribution is 2.29. The molecule has 3 nitrogen and oxygen atoms in total. The number of hydrogen-bond donors (Lipinski definition) is 1. The summed E-state index contributed by atoms with van der Waals surface area (Å²) < 4.78 is 40.9. The maximum atomic E-state index is 13.7. The fraction of sp³-hybridized carbons (Fsp3) is 0.364. The molecule has 1 aliphatic heterocycles. The van der Waals surface area contributed by atoms with Crippen molar-refractivity contribution in [1.29, 1.82) is 0 Å². The molecule has 0 spiro atoms. The number of nitrogens with zero attached hydrogens (tertiary/aromatic N) is 2. The standard InChI is InChI=1S/C11H11F3N2O/c12-8-6-7(2-5-17)9(13)10(14)11(8)16-4-1-3-15-16/h3,6,17H,1-2,4-5H2. The van der Waals surface area contributed by atoms with Crippen LogP contribution in [-0.2, 0) is 6.42 Å². The van der Waals surface area contributed by atoms with E-state index in [-0.39, 0.29) is 18.6 Å². The lowest BCUT2D eigenvalue weighted by Crippen LogP contribution is -2.17. The fourth-order valence-electron chi connectivity index (χ4n) is 1.74. The van der Waals surface area contributed by atoms with E-state index in [4.69, 9.17) is 5.11 Å². The van der Waals surface area contributed by atoms with Crippen LogP contribution in [0.25, 0.3) is 0 Å². The Bertz CT molecular complexity index is 463. The van der Waals surface area contributed by atoms with Gasteiger partial charge in [-0.05, 0) is 18.1 Å².